The minimum atomic E-state index is 0.448. The first kappa shape index (κ1) is 9.70. The molecule has 0 saturated carbocycles. The van der Waals surface area contributed by atoms with Gasteiger partial charge in [0, 0.05) is 5.69 Å². The van der Waals surface area contributed by atoms with Crippen LogP contribution in [0.1, 0.15) is 11.4 Å². The molecule has 0 aliphatic heterocycles. The fourth-order valence-corrected chi connectivity index (χ4v) is 1.50. The van der Waals surface area contributed by atoms with Gasteiger partial charge in [-0.15, -0.1) is 5.10 Å². The predicted molar refractivity (Wildman–Crippen MR) is 56.1 cm³/mol. The monoisotopic (exact) mass is 206 g/mol. The van der Waals surface area contributed by atoms with Crippen molar-refractivity contribution in [1.82, 2.24) is 24.8 Å². The average molecular weight is 206 g/mol. The van der Waals surface area contributed by atoms with Crippen LogP contribution in [0.5, 0.6) is 0 Å². The van der Waals surface area contributed by atoms with E-state index >= 15 is 0 Å². The van der Waals surface area contributed by atoms with Gasteiger partial charge in [0.1, 0.15) is 0 Å². The van der Waals surface area contributed by atoms with Gasteiger partial charge in [-0.25, -0.2) is 0 Å². The van der Waals surface area contributed by atoms with E-state index in [0.29, 0.717) is 12.4 Å². The number of rotatable bonds is 3. The summed E-state index contributed by atoms with van der Waals surface area (Å²) in [6, 6.07) is 2.05. The maximum absolute atomic E-state index is 5.46. The van der Waals surface area contributed by atoms with Crippen LogP contribution in [0.15, 0.2) is 12.3 Å². The van der Waals surface area contributed by atoms with Gasteiger partial charge in [-0.2, -0.15) is 15.0 Å². The molecule has 15 heavy (non-hydrogen) atoms. The third-order valence-corrected chi connectivity index (χ3v) is 2.17. The second kappa shape index (κ2) is 3.72. The smallest absolute Gasteiger partial charge is 0.165 e. The van der Waals surface area contributed by atoms with E-state index in [2.05, 4.69) is 15.3 Å². The van der Waals surface area contributed by atoms with Gasteiger partial charge in [-0.1, -0.05) is 0 Å². The predicted octanol–water partition coefficient (Wildman–Crippen LogP) is 0.374. The van der Waals surface area contributed by atoms with Gasteiger partial charge >= 0.3 is 0 Å². The number of aryl methyl sites for hydroxylation is 4. The Bertz CT molecular complexity index is 455. The maximum Gasteiger partial charge on any atom is 0.165 e. The number of aromatic nitrogens is 5. The van der Waals surface area contributed by atoms with Crippen molar-refractivity contribution >= 4 is 5.82 Å². The first-order valence-corrected chi connectivity index (χ1v) is 4.82. The molecule has 6 nitrogen and oxygen atoms in total. The molecule has 0 radical (unpaired) electrons. The summed E-state index contributed by atoms with van der Waals surface area (Å²) in [6.45, 7) is 5.45. The fraction of sp³-hybridized carbons (Fsp3) is 0.444. The van der Waals surface area contributed by atoms with Crippen LogP contribution in [0.3, 0.4) is 0 Å². The Morgan fingerprint density at radius 3 is 2.60 bits per heavy atom. The molecule has 2 rings (SSSR count). The Balaban J connectivity index is 2.01. The highest BCUT2D eigenvalue weighted by atomic mass is 15.5. The van der Waals surface area contributed by atoms with Crippen molar-refractivity contribution < 1.29 is 0 Å². The van der Waals surface area contributed by atoms with Crippen LogP contribution in [-0.2, 0) is 13.1 Å². The largest absolute Gasteiger partial charge is 0.381 e. The Kier molecular flexibility index (Phi) is 2.40. The normalized spacial score (nSPS) is 10.8. The van der Waals surface area contributed by atoms with Gasteiger partial charge in [0.2, 0.25) is 0 Å². The highest BCUT2D eigenvalue weighted by molar-refractivity contribution is 5.19. The second-order valence-corrected chi connectivity index (χ2v) is 3.52. The molecule has 2 aromatic heterocycles. The van der Waals surface area contributed by atoms with E-state index in [-0.39, 0.29) is 0 Å². The third kappa shape index (κ3) is 2.15. The van der Waals surface area contributed by atoms with Gasteiger partial charge in [0.05, 0.1) is 25.0 Å². The average Bonchev–Trinajstić information content (AvgIpc) is 2.70. The molecule has 0 atom stereocenters. The summed E-state index contributed by atoms with van der Waals surface area (Å²) in [5.41, 5.74) is 7.64. The molecule has 0 aliphatic carbocycles. The molecule has 0 bridgehead atoms. The zero-order chi connectivity index (χ0) is 10.8. The summed E-state index contributed by atoms with van der Waals surface area (Å²) in [4.78, 5) is 1.58. The Labute approximate surface area is 87.7 Å². The lowest BCUT2D eigenvalue weighted by atomic mass is 10.4. The van der Waals surface area contributed by atoms with E-state index in [1.165, 1.54) is 0 Å². The number of hydrogen-bond acceptors (Lipinski definition) is 4. The van der Waals surface area contributed by atoms with Crippen molar-refractivity contribution in [2.75, 3.05) is 5.73 Å². The van der Waals surface area contributed by atoms with E-state index in [1.54, 1.807) is 11.0 Å². The first-order valence-electron chi connectivity index (χ1n) is 4.82. The van der Waals surface area contributed by atoms with Crippen LogP contribution in [0.4, 0.5) is 5.82 Å². The van der Waals surface area contributed by atoms with Crippen LogP contribution < -0.4 is 5.73 Å². The van der Waals surface area contributed by atoms with E-state index < -0.39 is 0 Å². The first-order chi connectivity index (χ1) is 7.15. The summed E-state index contributed by atoms with van der Waals surface area (Å²) in [5, 5.41) is 12.4. The SMILES string of the molecule is Cc1cc(C)n(CCn2ncc(N)n2)n1. The quantitative estimate of drug-likeness (QED) is 0.787. The van der Waals surface area contributed by atoms with Crippen molar-refractivity contribution in [3.63, 3.8) is 0 Å². The van der Waals surface area contributed by atoms with Crippen LogP contribution in [0.2, 0.25) is 0 Å². The molecule has 2 aromatic rings. The third-order valence-electron chi connectivity index (χ3n) is 2.17. The highest BCUT2D eigenvalue weighted by Gasteiger charge is 2.01. The van der Waals surface area contributed by atoms with Crippen molar-refractivity contribution in [3.05, 3.63) is 23.7 Å². The number of nitrogen functional groups attached to an aromatic ring is 1. The lowest BCUT2D eigenvalue weighted by molar-refractivity contribution is 0.452. The van der Waals surface area contributed by atoms with Gasteiger partial charge in [-0.05, 0) is 19.9 Å². The molecular weight excluding hydrogens is 192 g/mol. The van der Waals surface area contributed by atoms with Crippen molar-refractivity contribution in [2.24, 2.45) is 0 Å². The van der Waals surface area contributed by atoms with Crippen LogP contribution in [-0.4, -0.2) is 24.8 Å². The number of anilines is 1. The van der Waals surface area contributed by atoms with Crippen molar-refractivity contribution in [3.8, 4) is 0 Å². The number of nitrogens with zero attached hydrogens (tertiary/aromatic N) is 5. The molecule has 6 heteroatoms. The maximum atomic E-state index is 5.46. The molecule has 0 fully saturated rings. The molecule has 0 aliphatic rings. The second-order valence-electron chi connectivity index (χ2n) is 3.52. The zero-order valence-electron chi connectivity index (χ0n) is 8.88. The summed E-state index contributed by atoms with van der Waals surface area (Å²) >= 11 is 0. The van der Waals surface area contributed by atoms with E-state index in [9.17, 15) is 0 Å². The Morgan fingerprint density at radius 2 is 2.07 bits per heavy atom. The van der Waals surface area contributed by atoms with Crippen LogP contribution in [0, 0.1) is 13.8 Å². The number of nitrogens with two attached hydrogens (primary N) is 1. The molecule has 2 heterocycles. The molecule has 0 amide bonds. The lowest BCUT2D eigenvalue weighted by Crippen LogP contribution is -2.12. The fourth-order valence-electron chi connectivity index (χ4n) is 1.50. The van der Waals surface area contributed by atoms with Crippen LogP contribution >= 0.6 is 0 Å². The zero-order valence-corrected chi connectivity index (χ0v) is 8.88. The summed E-state index contributed by atoms with van der Waals surface area (Å²) in [5.74, 6) is 0.448. The van der Waals surface area contributed by atoms with Crippen molar-refractivity contribution in [2.45, 2.75) is 26.9 Å². The lowest BCUT2D eigenvalue weighted by Gasteiger charge is -2.03. The van der Waals surface area contributed by atoms with E-state index in [0.717, 1.165) is 17.9 Å². The molecular formula is C9H14N6. The summed E-state index contributed by atoms with van der Waals surface area (Å²) < 4.78 is 1.94. The van der Waals surface area contributed by atoms with Gasteiger partial charge < -0.3 is 5.73 Å². The Morgan fingerprint density at radius 1 is 1.27 bits per heavy atom. The van der Waals surface area contributed by atoms with Crippen molar-refractivity contribution in [1.29, 1.82) is 0 Å². The molecule has 0 unspecified atom stereocenters. The highest BCUT2D eigenvalue weighted by Crippen LogP contribution is 2.02. The molecule has 2 N–H and O–H groups in total. The standard InChI is InChI=1S/C9H14N6/c1-7-5-8(2)14(12-7)3-4-15-11-6-9(10)13-15/h5-6H,3-4H2,1-2H3,(H2,10,13). The summed E-state index contributed by atoms with van der Waals surface area (Å²) in [6.07, 6.45) is 1.54. The molecule has 0 aromatic carbocycles. The van der Waals surface area contributed by atoms with Gasteiger partial charge in [0.15, 0.2) is 5.82 Å². The number of hydrogen-bond donors (Lipinski definition) is 1. The Hall–Kier alpha value is -1.85. The van der Waals surface area contributed by atoms with Gasteiger partial charge in [-0.3, -0.25) is 4.68 Å². The van der Waals surface area contributed by atoms with E-state index in [1.807, 2.05) is 24.6 Å². The molecule has 0 spiro atoms. The minimum Gasteiger partial charge on any atom is -0.381 e. The van der Waals surface area contributed by atoms with Gasteiger partial charge in [0.25, 0.3) is 0 Å². The van der Waals surface area contributed by atoms with Crippen LogP contribution in [0.25, 0.3) is 0 Å². The van der Waals surface area contributed by atoms with E-state index in [4.69, 9.17) is 5.73 Å². The minimum absolute atomic E-state index is 0.448. The molecule has 80 valence electrons. The summed E-state index contributed by atoms with van der Waals surface area (Å²) in [7, 11) is 0. The topological polar surface area (TPSA) is 74.5 Å². The molecule has 0 saturated heterocycles.